The van der Waals surface area contributed by atoms with Gasteiger partial charge in [-0.25, -0.2) is 0 Å². The van der Waals surface area contributed by atoms with Crippen LogP contribution in [0.5, 0.6) is 5.75 Å². The molecule has 0 unspecified atom stereocenters. The second kappa shape index (κ2) is 5.99. The minimum atomic E-state index is 0.235. The maximum atomic E-state index is 9.69. The molecule has 0 aliphatic rings. The van der Waals surface area contributed by atoms with Crippen molar-refractivity contribution < 1.29 is 5.11 Å². The Morgan fingerprint density at radius 3 is 1.90 bits per heavy atom. The van der Waals surface area contributed by atoms with Gasteiger partial charge in [-0.15, -0.1) is 0 Å². The van der Waals surface area contributed by atoms with Gasteiger partial charge < -0.3 is 5.11 Å². The summed E-state index contributed by atoms with van der Waals surface area (Å²) in [5.74, 6) is 6.75. The predicted octanol–water partition coefficient (Wildman–Crippen LogP) is 6.84. The Hall–Kier alpha value is -4.02. The van der Waals surface area contributed by atoms with Gasteiger partial charge in [0.1, 0.15) is 5.75 Å². The van der Waals surface area contributed by atoms with Gasteiger partial charge >= 0.3 is 0 Å². The van der Waals surface area contributed by atoms with Crippen molar-refractivity contribution in [1.82, 2.24) is 0 Å². The van der Waals surface area contributed by atoms with E-state index in [0.29, 0.717) is 0 Å². The highest BCUT2D eigenvalue weighted by Gasteiger charge is 2.13. The van der Waals surface area contributed by atoms with Crippen LogP contribution in [0.3, 0.4) is 0 Å². The molecule has 29 heavy (non-hydrogen) atoms. The molecule has 0 aliphatic heterocycles. The summed E-state index contributed by atoms with van der Waals surface area (Å²) in [6.07, 6.45) is 0. The van der Waals surface area contributed by atoms with Crippen molar-refractivity contribution in [3.05, 3.63) is 102 Å². The largest absolute Gasteiger partial charge is 0.508 e. The Labute approximate surface area is 168 Å². The SMILES string of the molecule is Oc1cccc(C#Cc2ccc3c4cccc5cccc(c6cccc2c63)c54)c1. The maximum Gasteiger partial charge on any atom is 0.116 e. The third kappa shape index (κ3) is 2.37. The molecular formula is C28H16O. The Kier molecular flexibility index (Phi) is 3.30. The number of benzene rings is 6. The molecule has 0 atom stereocenters. The quantitative estimate of drug-likeness (QED) is 0.177. The first-order valence-corrected chi connectivity index (χ1v) is 9.69. The Balaban J connectivity index is 1.72. The zero-order chi connectivity index (χ0) is 19.4. The predicted molar refractivity (Wildman–Crippen MR) is 122 cm³/mol. The average Bonchev–Trinajstić information content (AvgIpc) is 2.76. The molecule has 1 heteroatoms. The van der Waals surface area contributed by atoms with Crippen LogP contribution in [0, 0.1) is 11.8 Å². The van der Waals surface area contributed by atoms with E-state index >= 15 is 0 Å². The maximum absolute atomic E-state index is 9.69. The van der Waals surface area contributed by atoms with Crippen molar-refractivity contribution in [2.45, 2.75) is 0 Å². The molecule has 0 fully saturated rings. The molecule has 0 saturated carbocycles. The summed E-state index contributed by atoms with van der Waals surface area (Å²) >= 11 is 0. The summed E-state index contributed by atoms with van der Waals surface area (Å²) in [6.45, 7) is 0. The van der Waals surface area contributed by atoms with Gasteiger partial charge in [0, 0.05) is 11.1 Å². The van der Waals surface area contributed by atoms with Crippen molar-refractivity contribution in [2.75, 3.05) is 0 Å². The molecular weight excluding hydrogens is 352 g/mol. The summed E-state index contributed by atoms with van der Waals surface area (Å²) < 4.78 is 0. The van der Waals surface area contributed by atoms with E-state index in [1.54, 1.807) is 12.1 Å². The van der Waals surface area contributed by atoms with E-state index in [4.69, 9.17) is 0 Å². The lowest BCUT2D eigenvalue weighted by Crippen LogP contribution is -1.88. The van der Waals surface area contributed by atoms with E-state index in [1.165, 1.54) is 43.1 Å². The van der Waals surface area contributed by atoms with Crippen molar-refractivity contribution in [1.29, 1.82) is 0 Å². The minimum absolute atomic E-state index is 0.235. The third-order valence-corrected chi connectivity index (χ3v) is 5.71. The molecule has 1 nitrogen and oxygen atoms in total. The number of hydrogen-bond acceptors (Lipinski definition) is 1. The summed E-state index contributed by atoms with van der Waals surface area (Å²) in [5, 5.41) is 19.8. The Bertz CT molecular complexity index is 1560. The van der Waals surface area contributed by atoms with Gasteiger partial charge in [-0.3, -0.25) is 0 Å². The second-order valence-electron chi connectivity index (χ2n) is 7.40. The Morgan fingerprint density at radius 1 is 0.517 bits per heavy atom. The van der Waals surface area contributed by atoms with Gasteiger partial charge in [-0.2, -0.15) is 0 Å². The summed E-state index contributed by atoms with van der Waals surface area (Å²) in [5.41, 5.74) is 1.81. The van der Waals surface area contributed by atoms with Gasteiger partial charge in [-0.1, -0.05) is 78.6 Å². The highest BCUT2D eigenvalue weighted by atomic mass is 16.3. The Morgan fingerprint density at radius 2 is 1.14 bits per heavy atom. The summed E-state index contributed by atoms with van der Waals surface area (Å²) in [6, 6.07) is 30.9. The molecule has 0 bridgehead atoms. The smallest absolute Gasteiger partial charge is 0.116 e. The van der Waals surface area contributed by atoms with Crippen molar-refractivity contribution >= 4 is 43.1 Å². The molecule has 134 valence electrons. The highest BCUT2D eigenvalue weighted by molar-refractivity contribution is 6.33. The molecule has 0 aromatic heterocycles. The summed E-state index contributed by atoms with van der Waals surface area (Å²) in [7, 11) is 0. The molecule has 0 heterocycles. The van der Waals surface area contributed by atoms with Crippen LogP contribution < -0.4 is 0 Å². The van der Waals surface area contributed by atoms with Crippen molar-refractivity contribution in [2.24, 2.45) is 0 Å². The lowest BCUT2D eigenvalue weighted by atomic mass is 9.88. The molecule has 6 rings (SSSR count). The molecule has 0 aliphatic carbocycles. The minimum Gasteiger partial charge on any atom is -0.508 e. The lowest BCUT2D eigenvalue weighted by molar-refractivity contribution is 0.475. The first-order chi connectivity index (χ1) is 14.3. The normalized spacial score (nSPS) is 11.3. The van der Waals surface area contributed by atoms with E-state index in [2.05, 4.69) is 78.6 Å². The molecule has 0 radical (unpaired) electrons. The van der Waals surface area contributed by atoms with Crippen molar-refractivity contribution in [3.8, 4) is 17.6 Å². The monoisotopic (exact) mass is 368 g/mol. The van der Waals surface area contributed by atoms with E-state index < -0.39 is 0 Å². The number of fused-ring (bicyclic) bond motifs is 2. The van der Waals surface area contributed by atoms with Crippen LogP contribution in [-0.2, 0) is 0 Å². The zero-order valence-electron chi connectivity index (χ0n) is 15.6. The number of phenolic OH excluding ortho intramolecular Hbond substituents is 1. The van der Waals surface area contributed by atoms with Crippen LogP contribution >= 0.6 is 0 Å². The van der Waals surface area contributed by atoms with Crippen LogP contribution in [-0.4, -0.2) is 5.11 Å². The lowest BCUT2D eigenvalue weighted by Gasteiger charge is -2.14. The highest BCUT2D eigenvalue weighted by Crippen LogP contribution is 2.40. The van der Waals surface area contributed by atoms with Crippen LogP contribution in [0.1, 0.15) is 11.1 Å². The van der Waals surface area contributed by atoms with E-state index in [1.807, 2.05) is 12.1 Å². The van der Waals surface area contributed by atoms with Crippen LogP contribution in [0.2, 0.25) is 0 Å². The molecule has 6 aromatic carbocycles. The average molecular weight is 368 g/mol. The van der Waals surface area contributed by atoms with Gasteiger partial charge in [0.2, 0.25) is 0 Å². The van der Waals surface area contributed by atoms with Gasteiger partial charge in [0.25, 0.3) is 0 Å². The first-order valence-electron chi connectivity index (χ1n) is 9.69. The third-order valence-electron chi connectivity index (χ3n) is 5.71. The fourth-order valence-electron chi connectivity index (χ4n) is 4.48. The fourth-order valence-corrected chi connectivity index (χ4v) is 4.48. The van der Waals surface area contributed by atoms with E-state index in [9.17, 15) is 5.11 Å². The standard InChI is InChI=1S/C28H16O/c29-21-8-1-5-18(17-21)13-14-19-15-16-26-24-11-3-7-20-6-2-10-23(27(20)24)25-12-4-9-22(19)28(25)26/h1-12,15-17,29H. The van der Waals surface area contributed by atoms with Crippen LogP contribution in [0.4, 0.5) is 0 Å². The second-order valence-corrected chi connectivity index (χ2v) is 7.40. The molecule has 1 N–H and O–H groups in total. The van der Waals surface area contributed by atoms with Gasteiger partial charge in [-0.05, 0) is 67.4 Å². The summed E-state index contributed by atoms with van der Waals surface area (Å²) in [4.78, 5) is 0. The number of hydrogen-bond donors (Lipinski definition) is 1. The molecule has 0 amide bonds. The van der Waals surface area contributed by atoms with Crippen LogP contribution in [0.25, 0.3) is 43.1 Å². The number of aromatic hydroxyl groups is 1. The van der Waals surface area contributed by atoms with Crippen LogP contribution in [0.15, 0.2) is 91.0 Å². The number of phenols is 1. The molecule has 6 aromatic rings. The number of rotatable bonds is 0. The van der Waals surface area contributed by atoms with E-state index in [-0.39, 0.29) is 5.75 Å². The molecule has 0 saturated heterocycles. The van der Waals surface area contributed by atoms with Gasteiger partial charge in [0.15, 0.2) is 0 Å². The van der Waals surface area contributed by atoms with E-state index in [0.717, 1.165) is 11.1 Å². The topological polar surface area (TPSA) is 20.2 Å². The molecule has 0 spiro atoms. The fraction of sp³-hybridized carbons (Fsp3) is 0. The first kappa shape index (κ1) is 16.0. The van der Waals surface area contributed by atoms with Crippen molar-refractivity contribution in [3.63, 3.8) is 0 Å². The van der Waals surface area contributed by atoms with Gasteiger partial charge in [0.05, 0.1) is 0 Å². The zero-order valence-corrected chi connectivity index (χ0v) is 15.6.